The van der Waals surface area contributed by atoms with Crippen LogP contribution in [0.15, 0.2) is 47.6 Å². The lowest BCUT2D eigenvalue weighted by Crippen LogP contribution is -2.24. The zero-order valence-electron chi connectivity index (χ0n) is 15.8. The first kappa shape index (κ1) is 20.9. The largest absolute Gasteiger partial charge is 0.270 e. The van der Waals surface area contributed by atoms with Crippen molar-refractivity contribution in [3.05, 3.63) is 58.6 Å². The van der Waals surface area contributed by atoms with Crippen molar-refractivity contribution in [2.45, 2.75) is 19.0 Å². The lowest BCUT2D eigenvalue weighted by atomic mass is 10.1. The number of aromatic nitrogens is 3. The Kier molecular flexibility index (Phi) is 6.44. The lowest BCUT2D eigenvalue weighted by Gasteiger charge is -2.14. The van der Waals surface area contributed by atoms with Crippen LogP contribution in [-0.4, -0.2) is 41.7 Å². The third-order valence-electron chi connectivity index (χ3n) is 4.05. The Morgan fingerprint density at radius 2 is 1.89 bits per heavy atom. The van der Waals surface area contributed by atoms with E-state index < -0.39 is 10.0 Å². The van der Waals surface area contributed by atoms with Gasteiger partial charge >= 0.3 is 0 Å². The molecule has 0 aliphatic heterocycles. The van der Waals surface area contributed by atoms with Crippen LogP contribution in [0.2, 0.25) is 5.02 Å². The van der Waals surface area contributed by atoms with Crippen LogP contribution in [0.5, 0.6) is 0 Å². The van der Waals surface area contributed by atoms with Crippen LogP contribution in [0.1, 0.15) is 11.1 Å². The molecule has 1 heterocycles. The summed E-state index contributed by atoms with van der Waals surface area (Å²) in [6.45, 7) is 4.38. The van der Waals surface area contributed by atoms with Crippen molar-refractivity contribution in [1.82, 2.24) is 19.5 Å². The third kappa shape index (κ3) is 4.94. The molecule has 0 aliphatic carbocycles. The second-order valence-electron chi connectivity index (χ2n) is 6.43. The van der Waals surface area contributed by atoms with Crippen LogP contribution in [0, 0.1) is 13.8 Å². The number of thioether (sulfide) groups is 1. The third-order valence-corrected chi connectivity index (χ3v) is 6.04. The van der Waals surface area contributed by atoms with E-state index in [-0.39, 0.29) is 0 Å². The molecular weight excluding hydrogens is 416 g/mol. The molecule has 0 aliphatic rings. The average molecular weight is 437 g/mol. The molecule has 148 valence electrons. The number of rotatable bonds is 7. The van der Waals surface area contributed by atoms with Gasteiger partial charge in [-0.1, -0.05) is 47.6 Å². The lowest BCUT2D eigenvalue weighted by molar-refractivity contribution is 0.590. The van der Waals surface area contributed by atoms with Crippen LogP contribution in [0.25, 0.3) is 17.1 Å². The maximum Gasteiger partial charge on any atom is 0.208 e. The number of benzene rings is 2. The molecule has 3 aromatic rings. The van der Waals surface area contributed by atoms with Gasteiger partial charge in [-0.05, 0) is 43.2 Å². The molecule has 0 saturated carbocycles. The Labute approximate surface area is 174 Å². The van der Waals surface area contributed by atoms with Gasteiger partial charge < -0.3 is 0 Å². The first-order chi connectivity index (χ1) is 13.3. The highest BCUT2D eigenvalue weighted by Crippen LogP contribution is 2.33. The smallest absolute Gasteiger partial charge is 0.208 e. The van der Waals surface area contributed by atoms with Crippen molar-refractivity contribution in [3.63, 3.8) is 0 Å². The summed E-state index contributed by atoms with van der Waals surface area (Å²) in [5.74, 6) is 1.18. The van der Waals surface area contributed by atoms with E-state index in [1.54, 1.807) is 0 Å². The van der Waals surface area contributed by atoms with Gasteiger partial charge in [0.05, 0.1) is 17.0 Å². The van der Waals surface area contributed by atoms with Crippen molar-refractivity contribution in [2.75, 3.05) is 18.6 Å². The summed E-state index contributed by atoms with van der Waals surface area (Å²) in [5.41, 5.74) is 3.96. The first-order valence-electron chi connectivity index (χ1n) is 8.61. The summed E-state index contributed by atoms with van der Waals surface area (Å²) in [5, 5.41) is 10.0. The van der Waals surface area contributed by atoms with Crippen molar-refractivity contribution in [3.8, 4) is 17.1 Å². The standard InChI is InChI=1S/C19H21ClN4O2S2/c1-13-8-9-14(2)17(12-13)24-18(15-6-4-5-7-16(15)20)22-23-19(24)27-11-10-21-28(3,25)26/h4-9,12,21H,10-11H2,1-3H3. The fraction of sp³-hybridized carbons (Fsp3) is 0.263. The highest BCUT2D eigenvalue weighted by molar-refractivity contribution is 7.99. The van der Waals surface area contributed by atoms with Crippen molar-refractivity contribution < 1.29 is 8.42 Å². The Bertz CT molecular complexity index is 1100. The zero-order chi connectivity index (χ0) is 20.3. The Hall–Kier alpha value is -1.87. The molecule has 0 bridgehead atoms. The molecular formula is C19H21ClN4O2S2. The van der Waals surface area contributed by atoms with E-state index >= 15 is 0 Å². The van der Waals surface area contributed by atoms with Crippen molar-refractivity contribution in [2.24, 2.45) is 0 Å². The summed E-state index contributed by atoms with van der Waals surface area (Å²) in [4.78, 5) is 0. The van der Waals surface area contributed by atoms with E-state index in [4.69, 9.17) is 11.6 Å². The van der Waals surface area contributed by atoms with Crippen molar-refractivity contribution >= 4 is 33.4 Å². The molecule has 3 rings (SSSR count). The summed E-state index contributed by atoms with van der Waals surface area (Å²) >= 11 is 7.85. The quantitative estimate of drug-likeness (QED) is 0.449. The molecule has 1 N–H and O–H groups in total. The van der Waals surface area contributed by atoms with Gasteiger partial charge in [0.2, 0.25) is 10.0 Å². The number of nitrogens with one attached hydrogen (secondary N) is 1. The number of halogens is 1. The minimum atomic E-state index is -3.22. The Morgan fingerprint density at radius 3 is 2.61 bits per heavy atom. The zero-order valence-corrected chi connectivity index (χ0v) is 18.2. The molecule has 28 heavy (non-hydrogen) atoms. The molecule has 0 unspecified atom stereocenters. The SMILES string of the molecule is Cc1ccc(C)c(-n2c(SCCNS(C)(=O)=O)nnc2-c2ccccc2Cl)c1. The monoisotopic (exact) mass is 436 g/mol. The highest BCUT2D eigenvalue weighted by atomic mass is 35.5. The van der Waals surface area contributed by atoms with Gasteiger partial charge in [-0.25, -0.2) is 13.1 Å². The molecule has 2 aromatic carbocycles. The molecule has 0 fully saturated rings. The topological polar surface area (TPSA) is 76.9 Å². The van der Waals surface area contributed by atoms with E-state index in [9.17, 15) is 8.42 Å². The summed E-state index contributed by atoms with van der Waals surface area (Å²) in [6.07, 6.45) is 1.14. The van der Waals surface area contributed by atoms with Crippen LogP contribution in [0.4, 0.5) is 0 Å². The van der Waals surface area contributed by atoms with E-state index in [1.165, 1.54) is 11.8 Å². The molecule has 0 amide bonds. The predicted molar refractivity (Wildman–Crippen MR) is 115 cm³/mol. The number of hydrogen-bond acceptors (Lipinski definition) is 5. The number of sulfonamides is 1. The van der Waals surface area contributed by atoms with E-state index in [2.05, 4.69) is 33.1 Å². The number of aryl methyl sites for hydroxylation is 2. The fourth-order valence-corrected chi connectivity index (χ4v) is 4.35. The van der Waals surface area contributed by atoms with E-state index in [0.717, 1.165) is 28.6 Å². The maximum absolute atomic E-state index is 11.3. The van der Waals surface area contributed by atoms with Gasteiger partial charge in [-0.3, -0.25) is 4.57 Å². The maximum atomic E-state index is 11.3. The fourth-order valence-electron chi connectivity index (χ4n) is 2.73. The Morgan fingerprint density at radius 1 is 1.14 bits per heavy atom. The highest BCUT2D eigenvalue weighted by Gasteiger charge is 2.19. The number of hydrogen-bond donors (Lipinski definition) is 1. The molecule has 9 heteroatoms. The molecule has 1 aromatic heterocycles. The van der Waals surface area contributed by atoms with Gasteiger partial charge in [-0.15, -0.1) is 10.2 Å². The molecule has 0 spiro atoms. The van der Waals surface area contributed by atoms with Gasteiger partial charge in [-0.2, -0.15) is 0 Å². The molecule has 6 nitrogen and oxygen atoms in total. The summed E-state index contributed by atoms with van der Waals surface area (Å²) in [7, 11) is -3.22. The van der Waals surface area contributed by atoms with Gasteiger partial charge in [0, 0.05) is 17.9 Å². The predicted octanol–water partition coefficient (Wildman–Crippen LogP) is 3.85. The molecule has 0 atom stereocenters. The minimum absolute atomic E-state index is 0.310. The molecule has 0 radical (unpaired) electrons. The van der Waals surface area contributed by atoms with E-state index in [1.807, 2.05) is 42.7 Å². The first-order valence-corrected chi connectivity index (χ1v) is 11.9. The second kappa shape index (κ2) is 8.65. The van der Waals surface area contributed by atoms with Crippen LogP contribution >= 0.6 is 23.4 Å². The number of nitrogens with zero attached hydrogens (tertiary/aromatic N) is 3. The molecule has 0 saturated heterocycles. The van der Waals surface area contributed by atoms with Gasteiger partial charge in [0.1, 0.15) is 0 Å². The van der Waals surface area contributed by atoms with E-state index in [0.29, 0.717) is 28.3 Å². The van der Waals surface area contributed by atoms with Crippen molar-refractivity contribution in [1.29, 1.82) is 0 Å². The summed E-state index contributed by atoms with van der Waals surface area (Å²) in [6, 6.07) is 13.7. The average Bonchev–Trinajstić information content (AvgIpc) is 3.04. The van der Waals surface area contributed by atoms with Crippen LogP contribution in [0.3, 0.4) is 0 Å². The summed E-state index contributed by atoms with van der Waals surface area (Å²) < 4.78 is 27.0. The minimum Gasteiger partial charge on any atom is -0.270 e. The van der Waals surface area contributed by atoms with Gasteiger partial charge in [0.15, 0.2) is 11.0 Å². The van der Waals surface area contributed by atoms with Gasteiger partial charge in [0.25, 0.3) is 0 Å². The Balaban J connectivity index is 2.03. The van der Waals surface area contributed by atoms with Crippen LogP contribution in [-0.2, 0) is 10.0 Å². The normalized spacial score (nSPS) is 11.7. The second-order valence-corrected chi connectivity index (χ2v) is 9.73. The van der Waals surface area contributed by atoms with Crippen LogP contribution < -0.4 is 4.72 Å².